The molecule has 0 radical (unpaired) electrons. The van der Waals surface area contributed by atoms with Crippen LogP contribution in [0.3, 0.4) is 0 Å². The second-order valence-electron chi connectivity index (χ2n) is 26.5. The van der Waals surface area contributed by atoms with Gasteiger partial charge in [0.25, 0.3) is 0 Å². The van der Waals surface area contributed by atoms with Crippen LogP contribution in [0, 0.1) is 0 Å². The van der Waals surface area contributed by atoms with Crippen LogP contribution in [0.4, 0.5) is 0 Å². The van der Waals surface area contributed by atoms with E-state index in [1.807, 2.05) is 0 Å². The molecule has 0 amide bonds. The van der Waals surface area contributed by atoms with Crippen molar-refractivity contribution in [2.24, 2.45) is 0 Å². The van der Waals surface area contributed by atoms with E-state index >= 15 is 0 Å². The van der Waals surface area contributed by atoms with Gasteiger partial charge in [-0.25, -0.2) is 0 Å². The van der Waals surface area contributed by atoms with Gasteiger partial charge in [-0.05, 0) is 319 Å². The Morgan fingerprint density at radius 1 is 0.306 bits per heavy atom. The number of hydrogen-bond donors (Lipinski definition) is 0. The average Bonchev–Trinajstić information content (AvgIpc) is 4.36. The molecule has 1 nitrogen and oxygen atoms in total. The Hall–Kier alpha value is -8.62. The average molecular weight is 880 g/mol. The van der Waals surface area contributed by atoms with Crippen LogP contribution in [-0.2, 0) is 10.8 Å². The largest absolute Gasteiger partial charge is 0.290 e. The summed E-state index contributed by atoms with van der Waals surface area (Å²) in [5.41, 5.74) is 7.95. The molecule has 1 heterocycles. The fourth-order valence-electron chi connectivity index (χ4n) is 26.4. The molecule has 0 saturated carbocycles. The summed E-state index contributed by atoms with van der Waals surface area (Å²) in [6.07, 6.45) is 2.27. The SMILES string of the molecule is C=CCN1CC23c4c5c6c7c8c9c(c%10c%11c2c2c4c4c%12c5c5c6c6c8c8c%13c9c9c%10c%10c%11c%11c2c2c4c4c%12c%12c5c5c6c8c6c8c%13c9c9c%10c%10c%11c2c2c4c4c%12c5c6c5c8c9c%10c2c45)C73C1c1ccccc1. The first-order valence-corrected chi connectivity index (χ1v) is 27.0. The van der Waals surface area contributed by atoms with Gasteiger partial charge in [-0.1, -0.05) is 36.4 Å². The Bertz CT molecular complexity index is 7250. The molecule has 4 aliphatic carbocycles. The van der Waals surface area contributed by atoms with Crippen molar-refractivity contribution in [3.63, 3.8) is 0 Å². The number of hydrogen-bond acceptors (Lipinski definition) is 1. The highest BCUT2D eigenvalue weighted by atomic mass is 15.2. The van der Waals surface area contributed by atoms with E-state index in [-0.39, 0.29) is 16.9 Å². The lowest BCUT2D eigenvalue weighted by Gasteiger charge is -2.52. The maximum atomic E-state index is 4.63. The Balaban J connectivity index is 1.17. The number of likely N-dealkylation sites (tertiary alicyclic amines) is 1. The molecule has 72 heavy (non-hydrogen) atoms. The molecule has 29 aromatic carbocycles. The second kappa shape index (κ2) is 6.22. The lowest BCUT2D eigenvalue weighted by molar-refractivity contribution is 0.248. The lowest BCUT2D eigenvalue weighted by Crippen LogP contribution is -2.51. The van der Waals surface area contributed by atoms with Crippen molar-refractivity contribution in [2.45, 2.75) is 16.9 Å². The van der Waals surface area contributed by atoms with Crippen molar-refractivity contribution in [2.75, 3.05) is 13.1 Å². The zero-order valence-electron chi connectivity index (χ0n) is 37.1. The van der Waals surface area contributed by atoms with Crippen LogP contribution in [0.15, 0.2) is 43.0 Å². The van der Waals surface area contributed by atoms with E-state index in [1.165, 1.54) is 5.56 Å². The molecular formula is C71H13N. The first-order valence-electron chi connectivity index (χ1n) is 27.0. The number of rotatable bonds is 3. The van der Waals surface area contributed by atoms with Gasteiger partial charge in [0, 0.05) is 13.1 Å². The summed E-state index contributed by atoms with van der Waals surface area (Å²) in [6.45, 7) is 6.53. The number of nitrogens with zero attached hydrogens (tertiary/aromatic N) is 1. The predicted octanol–water partition coefficient (Wildman–Crippen LogP) is 18.5. The molecule has 0 N–H and O–H groups in total. The Morgan fingerprint density at radius 3 is 0.736 bits per heavy atom. The zero-order chi connectivity index (χ0) is 42.9. The molecule has 302 valence electrons. The van der Waals surface area contributed by atoms with E-state index in [2.05, 4.69) is 47.9 Å². The molecule has 1 aliphatic heterocycles. The summed E-state index contributed by atoms with van der Waals surface area (Å²) in [5.74, 6) is 0. The molecule has 1 unspecified atom stereocenters. The second-order valence-corrected chi connectivity index (χ2v) is 26.5. The highest BCUT2D eigenvalue weighted by molar-refractivity contribution is 6.82. The summed E-state index contributed by atoms with van der Waals surface area (Å²) < 4.78 is 0. The first kappa shape index (κ1) is 27.1. The van der Waals surface area contributed by atoms with Gasteiger partial charge in [-0.15, -0.1) is 6.58 Å². The lowest BCUT2D eigenvalue weighted by atomic mass is 9.47. The van der Waals surface area contributed by atoms with Gasteiger partial charge in [-0.2, -0.15) is 0 Å². The molecule has 1 fully saturated rings. The van der Waals surface area contributed by atoms with Gasteiger partial charge < -0.3 is 0 Å². The molecule has 29 aromatic rings. The Labute approximate surface area is 394 Å². The third kappa shape index (κ3) is 1.44. The minimum Gasteiger partial charge on any atom is -0.290 e. The minimum absolute atomic E-state index is 0.146. The monoisotopic (exact) mass is 879 g/mol. The molecule has 1 heteroatoms. The molecule has 2 spiro atoms. The van der Waals surface area contributed by atoms with Gasteiger partial charge in [0.1, 0.15) is 0 Å². The van der Waals surface area contributed by atoms with Gasteiger partial charge in [0.15, 0.2) is 0 Å². The van der Waals surface area contributed by atoms with Gasteiger partial charge >= 0.3 is 0 Å². The topological polar surface area (TPSA) is 3.24 Å². The fourth-order valence-corrected chi connectivity index (χ4v) is 26.4. The van der Waals surface area contributed by atoms with Gasteiger partial charge in [0.05, 0.1) is 16.9 Å². The molecule has 0 bridgehead atoms. The standard InChI is InChI=1S/C71H13N/c1-2-8-72-9-70-65-57-49-39-29-21-13-11-12-15-19-17(13)25-33-27(19)37-31-23(15)24-16(12)20-18-14(11)22(21)30-36-26(18)34-28(20)38-32(24)42-41(31)53-47(37)55-45(33)51(43(49)35(25)29)59(65)61(55)67-63(53)64-54(42)48(38)56-46(34)52-44(36)50(40(30)39)58(57)66(70)60(52)62(56)68(64)71(67,70)69(72)10-6-4-3-5-7-10/h2-7,69H,1,8-9H2. The summed E-state index contributed by atoms with van der Waals surface area (Å²) >= 11 is 0. The molecule has 0 aromatic heterocycles. The third-order valence-corrected chi connectivity index (χ3v) is 26.3. The summed E-state index contributed by atoms with van der Waals surface area (Å²) in [7, 11) is 0. The van der Waals surface area contributed by atoms with Crippen molar-refractivity contribution in [1.29, 1.82) is 0 Å². The van der Waals surface area contributed by atoms with E-state index in [9.17, 15) is 0 Å². The fraction of sp³-hybridized carbons (Fsp3) is 0.0704. The van der Waals surface area contributed by atoms with E-state index < -0.39 is 0 Å². The molecule has 5 aliphatic rings. The van der Waals surface area contributed by atoms with Crippen LogP contribution in [0.25, 0.3) is 291 Å². The maximum Gasteiger partial charge on any atom is 0.0575 e. The molecular weight excluding hydrogens is 867 g/mol. The highest BCUT2D eigenvalue weighted by Crippen LogP contribution is 2.87. The molecule has 34 rings (SSSR count). The van der Waals surface area contributed by atoms with Crippen LogP contribution in [0.2, 0.25) is 0 Å². The van der Waals surface area contributed by atoms with E-state index in [1.54, 1.807) is 313 Å². The first-order chi connectivity index (χ1) is 35.9. The van der Waals surface area contributed by atoms with Gasteiger partial charge in [-0.3, -0.25) is 4.90 Å². The normalized spacial score (nSPS) is 23.5. The maximum absolute atomic E-state index is 4.63. The van der Waals surface area contributed by atoms with Crippen LogP contribution in [0.1, 0.15) is 33.9 Å². The Morgan fingerprint density at radius 2 is 0.514 bits per heavy atom. The van der Waals surface area contributed by atoms with Crippen LogP contribution in [0.5, 0.6) is 0 Å². The van der Waals surface area contributed by atoms with Crippen molar-refractivity contribution >= 4 is 291 Å². The quantitative estimate of drug-likeness (QED) is 0.126. The van der Waals surface area contributed by atoms with Crippen LogP contribution < -0.4 is 0 Å². The van der Waals surface area contributed by atoms with Crippen LogP contribution >= 0.6 is 0 Å². The number of benzene rings is 19. The van der Waals surface area contributed by atoms with Crippen molar-refractivity contribution < 1.29 is 0 Å². The van der Waals surface area contributed by atoms with Gasteiger partial charge in [0.2, 0.25) is 0 Å². The highest BCUT2D eigenvalue weighted by Gasteiger charge is 2.76. The predicted molar refractivity (Wildman–Crippen MR) is 305 cm³/mol. The van der Waals surface area contributed by atoms with Crippen molar-refractivity contribution in [3.8, 4) is 0 Å². The summed E-state index contributed by atoms with van der Waals surface area (Å²) in [6, 6.07) is 12.3. The minimum atomic E-state index is -0.331. The third-order valence-electron chi connectivity index (χ3n) is 26.3. The Kier molecular flexibility index (Phi) is 2.34. The summed E-state index contributed by atoms with van der Waals surface area (Å²) in [5, 5.41) is 90.1. The van der Waals surface area contributed by atoms with E-state index in [0.29, 0.717) is 0 Å². The van der Waals surface area contributed by atoms with Crippen LogP contribution in [-0.4, -0.2) is 18.0 Å². The van der Waals surface area contributed by atoms with Crippen molar-refractivity contribution in [1.82, 2.24) is 4.90 Å². The van der Waals surface area contributed by atoms with E-state index in [0.717, 1.165) is 13.1 Å². The van der Waals surface area contributed by atoms with E-state index in [4.69, 9.17) is 0 Å². The molecule has 1 atom stereocenters. The smallest absolute Gasteiger partial charge is 0.0575 e. The zero-order valence-corrected chi connectivity index (χ0v) is 37.1. The molecule has 1 saturated heterocycles. The van der Waals surface area contributed by atoms with Crippen molar-refractivity contribution in [3.05, 3.63) is 70.8 Å². The summed E-state index contributed by atoms with van der Waals surface area (Å²) in [4.78, 5) is 3.01.